The van der Waals surface area contributed by atoms with Crippen LogP contribution in [-0.2, 0) is 4.79 Å². The highest BCUT2D eigenvalue weighted by Crippen LogP contribution is 2.31. The summed E-state index contributed by atoms with van der Waals surface area (Å²) in [6.07, 6.45) is 9.42. The molecule has 3 heteroatoms. The fraction of sp³-hybridized carbons (Fsp3) is 0.632. The molecule has 1 heterocycles. The van der Waals surface area contributed by atoms with E-state index in [0.717, 1.165) is 31.0 Å². The molecule has 1 saturated carbocycles. The first kappa shape index (κ1) is 15.9. The molecule has 1 saturated heterocycles. The van der Waals surface area contributed by atoms with Crippen LogP contribution in [0, 0.1) is 5.92 Å². The van der Waals surface area contributed by atoms with Crippen molar-refractivity contribution in [3.05, 3.63) is 34.9 Å². The molecule has 0 aromatic heterocycles. The van der Waals surface area contributed by atoms with Crippen LogP contribution in [0.15, 0.2) is 24.3 Å². The van der Waals surface area contributed by atoms with Gasteiger partial charge in [-0.1, -0.05) is 43.0 Å². The summed E-state index contributed by atoms with van der Waals surface area (Å²) in [4.78, 5) is 14.8. The van der Waals surface area contributed by atoms with Gasteiger partial charge in [-0.2, -0.15) is 0 Å². The second kappa shape index (κ2) is 7.50. The molecule has 1 aromatic carbocycles. The first-order valence-electron chi connectivity index (χ1n) is 8.75. The average molecular weight is 320 g/mol. The molecule has 0 bridgehead atoms. The summed E-state index contributed by atoms with van der Waals surface area (Å²) >= 11 is 5.99. The van der Waals surface area contributed by atoms with Crippen molar-refractivity contribution in [1.82, 2.24) is 4.90 Å². The maximum Gasteiger partial charge on any atom is 0.222 e. The molecular weight excluding hydrogens is 294 g/mol. The Morgan fingerprint density at radius 2 is 1.73 bits per heavy atom. The number of amides is 1. The summed E-state index contributed by atoms with van der Waals surface area (Å²) in [5, 5.41) is 0.784. The fourth-order valence-corrected chi connectivity index (χ4v) is 4.09. The molecule has 0 radical (unpaired) electrons. The van der Waals surface area contributed by atoms with Crippen LogP contribution in [0.5, 0.6) is 0 Å². The second-order valence-electron chi connectivity index (χ2n) is 6.94. The first-order valence-corrected chi connectivity index (χ1v) is 9.13. The van der Waals surface area contributed by atoms with Gasteiger partial charge in [0.25, 0.3) is 0 Å². The van der Waals surface area contributed by atoms with Crippen LogP contribution in [0.1, 0.15) is 62.8 Å². The Hall–Kier alpha value is -1.02. The van der Waals surface area contributed by atoms with Gasteiger partial charge in [-0.25, -0.2) is 0 Å². The lowest BCUT2D eigenvalue weighted by Gasteiger charge is -2.26. The smallest absolute Gasteiger partial charge is 0.222 e. The molecule has 22 heavy (non-hydrogen) atoms. The number of rotatable bonds is 3. The Morgan fingerprint density at radius 3 is 2.45 bits per heavy atom. The Balaban J connectivity index is 1.64. The Kier molecular flexibility index (Phi) is 5.41. The minimum atomic E-state index is 0.382. The number of likely N-dealkylation sites (tertiary alicyclic amines) is 1. The molecule has 120 valence electrons. The SMILES string of the molecule is O=C(CC1CCCC1)N1CCCC[C@H](c2ccc(Cl)cc2)C1. The van der Waals surface area contributed by atoms with Crippen LogP contribution in [0.25, 0.3) is 0 Å². The average Bonchev–Trinajstić information content (AvgIpc) is 2.90. The minimum Gasteiger partial charge on any atom is -0.342 e. The highest BCUT2D eigenvalue weighted by atomic mass is 35.5. The van der Waals surface area contributed by atoms with E-state index < -0.39 is 0 Å². The largest absolute Gasteiger partial charge is 0.342 e. The van der Waals surface area contributed by atoms with Crippen LogP contribution in [0.4, 0.5) is 0 Å². The van der Waals surface area contributed by atoms with Crippen molar-refractivity contribution >= 4 is 17.5 Å². The summed E-state index contributed by atoms with van der Waals surface area (Å²) in [5.41, 5.74) is 1.32. The van der Waals surface area contributed by atoms with Crippen LogP contribution < -0.4 is 0 Å². The lowest BCUT2D eigenvalue weighted by molar-refractivity contribution is -0.132. The van der Waals surface area contributed by atoms with Crippen molar-refractivity contribution < 1.29 is 4.79 Å². The van der Waals surface area contributed by atoms with Gasteiger partial charge in [-0.15, -0.1) is 0 Å². The molecule has 1 aromatic rings. The second-order valence-corrected chi connectivity index (χ2v) is 7.38. The molecular formula is C19H26ClNO. The van der Waals surface area contributed by atoms with Gasteiger partial charge in [0.1, 0.15) is 0 Å². The van der Waals surface area contributed by atoms with Crippen LogP contribution in [-0.4, -0.2) is 23.9 Å². The molecule has 2 aliphatic rings. The van der Waals surface area contributed by atoms with E-state index in [2.05, 4.69) is 17.0 Å². The topological polar surface area (TPSA) is 20.3 Å². The van der Waals surface area contributed by atoms with Gasteiger partial charge < -0.3 is 4.90 Å². The maximum atomic E-state index is 12.6. The number of benzene rings is 1. The normalized spacial score (nSPS) is 23.5. The van der Waals surface area contributed by atoms with E-state index >= 15 is 0 Å². The lowest BCUT2D eigenvalue weighted by atomic mass is 9.94. The van der Waals surface area contributed by atoms with E-state index in [1.54, 1.807) is 0 Å². The Bertz CT molecular complexity index is 493. The van der Waals surface area contributed by atoms with Gasteiger partial charge >= 0.3 is 0 Å². The van der Waals surface area contributed by atoms with Crippen molar-refractivity contribution in [1.29, 1.82) is 0 Å². The zero-order valence-corrected chi connectivity index (χ0v) is 14.0. The molecule has 2 fully saturated rings. The molecule has 0 N–H and O–H groups in total. The number of carbonyl (C=O) groups is 1. The Morgan fingerprint density at radius 1 is 1.05 bits per heavy atom. The van der Waals surface area contributed by atoms with Crippen molar-refractivity contribution in [3.8, 4) is 0 Å². The summed E-state index contributed by atoms with van der Waals surface area (Å²) in [5.74, 6) is 1.49. The van der Waals surface area contributed by atoms with E-state index in [9.17, 15) is 4.79 Å². The zero-order valence-electron chi connectivity index (χ0n) is 13.3. The van der Waals surface area contributed by atoms with Crippen molar-refractivity contribution in [3.63, 3.8) is 0 Å². The molecule has 1 amide bonds. The number of hydrogen-bond acceptors (Lipinski definition) is 1. The fourth-order valence-electron chi connectivity index (χ4n) is 3.97. The van der Waals surface area contributed by atoms with Gasteiger partial charge in [-0.3, -0.25) is 4.79 Å². The summed E-state index contributed by atoms with van der Waals surface area (Å²) < 4.78 is 0. The summed E-state index contributed by atoms with van der Waals surface area (Å²) in [6, 6.07) is 8.18. The number of hydrogen-bond donors (Lipinski definition) is 0. The molecule has 1 aliphatic heterocycles. The molecule has 3 rings (SSSR count). The first-order chi connectivity index (χ1) is 10.7. The minimum absolute atomic E-state index is 0.382. The molecule has 1 aliphatic carbocycles. The van der Waals surface area contributed by atoms with Gasteiger partial charge in [0.2, 0.25) is 5.91 Å². The van der Waals surface area contributed by atoms with E-state index in [1.165, 1.54) is 44.1 Å². The maximum absolute atomic E-state index is 12.6. The zero-order chi connectivity index (χ0) is 15.4. The van der Waals surface area contributed by atoms with Crippen molar-refractivity contribution in [2.24, 2.45) is 5.92 Å². The van der Waals surface area contributed by atoms with Crippen molar-refractivity contribution in [2.45, 2.75) is 57.3 Å². The molecule has 0 unspecified atom stereocenters. The summed E-state index contributed by atoms with van der Waals surface area (Å²) in [6.45, 7) is 1.82. The third-order valence-corrected chi connectivity index (χ3v) is 5.56. The van der Waals surface area contributed by atoms with Gasteiger partial charge in [0.15, 0.2) is 0 Å². The predicted molar refractivity (Wildman–Crippen MR) is 91.2 cm³/mol. The predicted octanol–water partition coefficient (Wildman–Crippen LogP) is 5.02. The standard InChI is InChI=1S/C19H26ClNO/c20-18-10-8-16(9-11-18)17-7-3-4-12-21(14-17)19(22)13-15-5-1-2-6-15/h8-11,15,17H,1-7,12-14H2/t17-/m0/s1. The number of nitrogens with zero attached hydrogens (tertiary/aromatic N) is 1. The van der Waals surface area contributed by atoms with Crippen LogP contribution in [0.3, 0.4) is 0 Å². The summed E-state index contributed by atoms with van der Waals surface area (Å²) in [7, 11) is 0. The van der Waals surface area contributed by atoms with E-state index in [0.29, 0.717) is 17.7 Å². The van der Waals surface area contributed by atoms with Crippen molar-refractivity contribution in [2.75, 3.05) is 13.1 Å². The third-order valence-electron chi connectivity index (χ3n) is 5.30. The van der Waals surface area contributed by atoms with Gasteiger partial charge in [-0.05, 0) is 49.3 Å². The monoisotopic (exact) mass is 319 g/mol. The van der Waals surface area contributed by atoms with E-state index in [4.69, 9.17) is 11.6 Å². The van der Waals surface area contributed by atoms with Crippen LogP contribution >= 0.6 is 11.6 Å². The van der Waals surface area contributed by atoms with E-state index in [1.807, 2.05) is 12.1 Å². The Labute approximate surface area is 138 Å². The van der Waals surface area contributed by atoms with E-state index in [-0.39, 0.29) is 0 Å². The van der Waals surface area contributed by atoms with Crippen LogP contribution in [0.2, 0.25) is 5.02 Å². The highest BCUT2D eigenvalue weighted by Gasteiger charge is 2.26. The lowest BCUT2D eigenvalue weighted by Crippen LogP contribution is -2.35. The quantitative estimate of drug-likeness (QED) is 0.766. The van der Waals surface area contributed by atoms with Gasteiger partial charge in [0.05, 0.1) is 0 Å². The number of carbonyl (C=O) groups excluding carboxylic acids is 1. The molecule has 2 nitrogen and oxygen atoms in total. The molecule has 0 spiro atoms. The highest BCUT2D eigenvalue weighted by molar-refractivity contribution is 6.30. The third kappa shape index (κ3) is 4.04. The molecule has 1 atom stereocenters. The number of halogens is 1. The van der Waals surface area contributed by atoms with Gasteiger partial charge in [0, 0.05) is 30.5 Å².